The first-order chi connectivity index (χ1) is 12.1. The molecule has 0 bridgehead atoms. The molecule has 0 fully saturated rings. The third-order valence-electron chi connectivity index (χ3n) is 4.34. The van der Waals surface area contributed by atoms with Gasteiger partial charge in [0.25, 0.3) is 5.91 Å². The first-order valence-corrected chi connectivity index (χ1v) is 8.23. The molecule has 0 spiro atoms. The monoisotopic (exact) mass is 340 g/mol. The fourth-order valence-corrected chi connectivity index (χ4v) is 3.18. The van der Waals surface area contributed by atoms with E-state index in [1.807, 2.05) is 0 Å². The summed E-state index contributed by atoms with van der Waals surface area (Å²) in [6.45, 7) is 1.76. The van der Waals surface area contributed by atoms with Crippen molar-refractivity contribution < 1.29 is 13.7 Å². The van der Waals surface area contributed by atoms with Gasteiger partial charge in [0.1, 0.15) is 11.6 Å². The SMILES string of the molecule is Cc1cc(NC(=O)c2nn(-c3ccc(F)cc3)c3c2CCCC3)no1. The minimum Gasteiger partial charge on any atom is -0.360 e. The number of hydrogen-bond donors (Lipinski definition) is 1. The second-order valence-electron chi connectivity index (χ2n) is 6.15. The predicted molar refractivity (Wildman–Crippen MR) is 89.4 cm³/mol. The van der Waals surface area contributed by atoms with E-state index in [0.29, 0.717) is 17.3 Å². The highest BCUT2D eigenvalue weighted by atomic mass is 19.1. The van der Waals surface area contributed by atoms with Crippen LogP contribution in [0.1, 0.15) is 40.3 Å². The number of aromatic nitrogens is 3. The highest BCUT2D eigenvalue weighted by Crippen LogP contribution is 2.27. The topological polar surface area (TPSA) is 73.0 Å². The fraction of sp³-hybridized carbons (Fsp3) is 0.278. The van der Waals surface area contributed by atoms with Gasteiger partial charge in [-0.15, -0.1) is 0 Å². The molecule has 7 heteroatoms. The van der Waals surface area contributed by atoms with E-state index < -0.39 is 0 Å². The summed E-state index contributed by atoms with van der Waals surface area (Å²) in [7, 11) is 0. The molecule has 6 nitrogen and oxygen atoms in total. The molecule has 2 aromatic heterocycles. The van der Waals surface area contributed by atoms with Gasteiger partial charge in [0.15, 0.2) is 11.5 Å². The number of anilines is 1. The summed E-state index contributed by atoms with van der Waals surface area (Å²) in [5.41, 5.74) is 3.10. The first kappa shape index (κ1) is 15.6. The molecule has 1 aliphatic rings. The Morgan fingerprint density at radius 3 is 2.72 bits per heavy atom. The number of aryl methyl sites for hydroxylation is 1. The number of hydrogen-bond acceptors (Lipinski definition) is 4. The zero-order chi connectivity index (χ0) is 17.4. The molecule has 1 amide bonds. The Balaban J connectivity index is 1.72. The van der Waals surface area contributed by atoms with E-state index in [0.717, 1.165) is 42.6 Å². The molecular formula is C18H17FN4O2. The molecular weight excluding hydrogens is 323 g/mol. The lowest BCUT2D eigenvalue weighted by atomic mass is 9.95. The smallest absolute Gasteiger partial charge is 0.277 e. The van der Waals surface area contributed by atoms with Gasteiger partial charge in [0.2, 0.25) is 0 Å². The zero-order valence-corrected chi connectivity index (χ0v) is 13.8. The van der Waals surface area contributed by atoms with Crippen molar-refractivity contribution in [2.24, 2.45) is 0 Å². The average molecular weight is 340 g/mol. The van der Waals surface area contributed by atoms with E-state index in [1.54, 1.807) is 29.8 Å². The van der Waals surface area contributed by atoms with Crippen molar-refractivity contribution in [2.75, 3.05) is 5.32 Å². The number of benzene rings is 1. The molecule has 1 aliphatic carbocycles. The maximum Gasteiger partial charge on any atom is 0.277 e. The highest BCUT2D eigenvalue weighted by molar-refractivity contribution is 6.03. The summed E-state index contributed by atoms with van der Waals surface area (Å²) in [6, 6.07) is 7.77. The van der Waals surface area contributed by atoms with Gasteiger partial charge in [0.05, 0.1) is 5.69 Å². The molecule has 0 saturated carbocycles. The van der Waals surface area contributed by atoms with Gasteiger partial charge in [-0.3, -0.25) is 4.79 Å². The number of nitrogens with one attached hydrogen (secondary N) is 1. The van der Waals surface area contributed by atoms with Gasteiger partial charge in [-0.25, -0.2) is 9.07 Å². The summed E-state index contributed by atoms with van der Waals surface area (Å²) in [5.74, 6) is 0.369. The minimum absolute atomic E-state index is 0.302. The van der Waals surface area contributed by atoms with E-state index in [9.17, 15) is 9.18 Å². The molecule has 1 aromatic carbocycles. The number of carbonyl (C=O) groups is 1. The summed E-state index contributed by atoms with van der Waals surface area (Å²) < 4.78 is 19.9. The molecule has 0 radical (unpaired) electrons. The quantitative estimate of drug-likeness (QED) is 0.793. The molecule has 2 heterocycles. The lowest BCUT2D eigenvalue weighted by molar-refractivity contribution is 0.102. The molecule has 0 unspecified atom stereocenters. The number of amides is 1. The van der Waals surface area contributed by atoms with E-state index >= 15 is 0 Å². The van der Waals surface area contributed by atoms with Gasteiger partial charge in [-0.2, -0.15) is 5.10 Å². The Morgan fingerprint density at radius 2 is 2.00 bits per heavy atom. The second kappa shape index (κ2) is 6.16. The van der Waals surface area contributed by atoms with Crippen LogP contribution in [0.4, 0.5) is 10.2 Å². The summed E-state index contributed by atoms with van der Waals surface area (Å²) in [6.07, 6.45) is 3.71. The van der Waals surface area contributed by atoms with Crippen molar-refractivity contribution in [3.8, 4) is 5.69 Å². The van der Waals surface area contributed by atoms with Crippen molar-refractivity contribution >= 4 is 11.7 Å². The predicted octanol–water partition coefficient (Wildman–Crippen LogP) is 3.44. The summed E-state index contributed by atoms with van der Waals surface area (Å²) in [4.78, 5) is 12.7. The van der Waals surface area contributed by atoms with Gasteiger partial charge in [-0.1, -0.05) is 5.16 Å². The number of carbonyl (C=O) groups excluding carboxylic acids is 1. The summed E-state index contributed by atoms with van der Waals surface area (Å²) >= 11 is 0. The Hall–Kier alpha value is -2.96. The van der Waals surface area contributed by atoms with Gasteiger partial charge < -0.3 is 9.84 Å². The largest absolute Gasteiger partial charge is 0.360 e. The van der Waals surface area contributed by atoms with Gasteiger partial charge in [-0.05, 0) is 56.9 Å². The van der Waals surface area contributed by atoms with Crippen LogP contribution in [-0.2, 0) is 12.8 Å². The third kappa shape index (κ3) is 2.93. The molecule has 25 heavy (non-hydrogen) atoms. The Bertz CT molecular complexity index is 927. The van der Waals surface area contributed by atoms with Gasteiger partial charge >= 0.3 is 0 Å². The third-order valence-corrected chi connectivity index (χ3v) is 4.34. The number of fused-ring (bicyclic) bond motifs is 1. The lowest BCUT2D eigenvalue weighted by Crippen LogP contribution is -2.15. The number of halogens is 1. The highest BCUT2D eigenvalue weighted by Gasteiger charge is 2.26. The van der Waals surface area contributed by atoms with Crippen LogP contribution in [0.2, 0.25) is 0 Å². The van der Waals surface area contributed by atoms with E-state index in [-0.39, 0.29) is 11.7 Å². The number of rotatable bonds is 3. The Morgan fingerprint density at radius 1 is 1.24 bits per heavy atom. The fourth-order valence-electron chi connectivity index (χ4n) is 3.18. The number of nitrogens with zero attached hydrogens (tertiary/aromatic N) is 3. The standard InChI is InChI=1S/C18H17FN4O2/c1-11-10-16(22-25-11)20-18(24)17-14-4-2-3-5-15(14)23(21-17)13-8-6-12(19)7-9-13/h6-10H,2-5H2,1H3,(H,20,22,24). The molecule has 3 aromatic rings. The van der Waals surface area contributed by atoms with Gasteiger partial charge in [0, 0.05) is 17.3 Å². The van der Waals surface area contributed by atoms with E-state index in [2.05, 4.69) is 15.6 Å². The summed E-state index contributed by atoms with van der Waals surface area (Å²) in [5, 5.41) is 11.0. The van der Waals surface area contributed by atoms with Crippen molar-refractivity contribution in [3.63, 3.8) is 0 Å². The lowest BCUT2D eigenvalue weighted by Gasteiger charge is -2.14. The second-order valence-corrected chi connectivity index (χ2v) is 6.15. The van der Waals surface area contributed by atoms with Crippen LogP contribution >= 0.6 is 0 Å². The molecule has 1 N–H and O–H groups in total. The Kier molecular flexibility index (Phi) is 3.83. The van der Waals surface area contributed by atoms with Crippen LogP contribution in [0, 0.1) is 12.7 Å². The maximum absolute atomic E-state index is 13.2. The molecule has 128 valence electrons. The van der Waals surface area contributed by atoms with Crippen LogP contribution in [0.3, 0.4) is 0 Å². The first-order valence-electron chi connectivity index (χ1n) is 8.23. The molecule has 0 saturated heterocycles. The Labute approximate surface area is 143 Å². The van der Waals surface area contributed by atoms with Crippen molar-refractivity contribution in [2.45, 2.75) is 32.6 Å². The normalized spacial score (nSPS) is 13.5. The van der Waals surface area contributed by atoms with E-state index in [1.165, 1.54) is 12.1 Å². The van der Waals surface area contributed by atoms with Crippen LogP contribution in [-0.4, -0.2) is 20.8 Å². The molecule has 0 atom stereocenters. The zero-order valence-electron chi connectivity index (χ0n) is 13.8. The van der Waals surface area contributed by atoms with Crippen molar-refractivity contribution in [1.82, 2.24) is 14.9 Å². The average Bonchev–Trinajstić information content (AvgIpc) is 3.19. The maximum atomic E-state index is 13.2. The van der Waals surface area contributed by atoms with Crippen molar-refractivity contribution in [1.29, 1.82) is 0 Å². The van der Waals surface area contributed by atoms with Crippen LogP contribution in [0.15, 0.2) is 34.9 Å². The van der Waals surface area contributed by atoms with Crippen LogP contribution < -0.4 is 5.32 Å². The van der Waals surface area contributed by atoms with E-state index in [4.69, 9.17) is 4.52 Å². The van der Waals surface area contributed by atoms with Crippen LogP contribution in [0.25, 0.3) is 5.69 Å². The van der Waals surface area contributed by atoms with Crippen LogP contribution in [0.5, 0.6) is 0 Å². The van der Waals surface area contributed by atoms with Crippen molar-refractivity contribution in [3.05, 3.63) is 58.9 Å². The molecule has 4 rings (SSSR count). The minimum atomic E-state index is -0.313. The molecule has 0 aliphatic heterocycles.